The highest BCUT2D eigenvalue weighted by atomic mass is 19.1. The lowest BCUT2D eigenvalue weighted by Gasteiger charge is -2.39. The Balaban J connectivity index is 1.54. The molecule has 2 aromatic heterocycles. The molecule has 0 saturated carbocycles. The molecule has 1 amide bonds. The van der Waals surface area contributed by atoms with Gasteiger partial charge in [-0.15, -0.1) is 0 Å². The minimum absolute atomic E-state index is 0.104. The Labute approximate surface area is 193 Å². The van der Waals surface area contributed by atoms with E-state index in [-0.39, 0.29) is 17.2 Å². The van der Waals surface area contributed by atoms with Gasteiger partial charge in [0.15, 0.2) is 0 Å². The van der Waals surface area contributed by atoms with Crippen molar-refractivity contribution in [3.63, 3.8) is 0 Å². The zero-order chi connectivity index (χ0) is 23.6. The van der Waals surface area contributed by atoms with E-state index in [4.69, 9.17) is 14.7 Å². The van der Waals surface area contributed by atoms with Gasteiger partial charge in [0.2, 0.25) is 5.88 Å². The van der Waals surface area contributed by atoms with Gasteiger partial charge in [-0.2, -0.15) is 0 Å². The van der Waals surface area contributed by atoms with Gasteiger partial charge in [-0.25, -0.2) is 19.3 Å². The van der Waals surface area contributed by atoms with Crippen molar-refractivity contribution in [2.24, 2.45) is 0 Å². The van der Waals surface area contributed by atoms with Crippen LogP contribution in [0.1, 0.15) is 41.6 Å². The lowest BCUT2D eigenvalue weighted by atomic mass is 9.80. The average molecular weight is 450 g/mol. The van der Waals surface area contributed by atoms with E-state index < -0.39 is 5.82 Å². The average Bonchev–Trinajstić information content (AvgIpc) is 2.78. The highest BCUT2D eigenvalue weighted by molar-refractivity contribution is 5.94. The Morgan fingerprint density at radius 3 is 2.76 bits per heavy atom. The normalized spacial score (nSPS) is 18.2. The smallest absolute Gasteiger partial charge is 0.254 e. The van der Waals surface area contributed by atoms with Gasteiger partial charge in [0.1, 0.15) is 23.2 Å². The molecule has 0 aliphatic carbocycles. The molecule has 8 heteroatoms. The Morgan fingerprint density at radius 1 is 1.18 bits per heavy atom. The zero-order valence-corrected chi connectivity index (χ0v) is 19.4. The standard InChI is InChI=1S/C25H28FN5O2/c1-17-13-21(30(3)4)29-24(28-17)25(2)10-6-12-31(16-25)23(32)18-9-11-27-22(14-18)33-20-8-5-7-19(26)15-20/h5,7-9,11,13-15H,6,10,12,16H2,1-4H3. The van der Waals surface area contributed by atoms with Gasteiger partial charge in [-0.3, -0.25) is 4.79 Å². The van der Waals surface area contributed by atoms with Gasteiger partial charge in [0.25, 0.3) is 5.91 Å². The van der Waals surface area contributed by atoms with Gasteiger partial charge in [0.05, 0.1) is 0 Å². The SMILES string of the molecule is Cc1cc(N(C)C)nc(C2(C)CCCN(C(=O)c3ccnc(Oc4cccc(F)c4)c3)C2)n1. The summed E-state index contributed by atoms with van der Waals surface area (Å²) in [4.78, 5) is 30.8. The van der Waals surface area contributed by atoms with Gasteiger partial charge in [-0.05, 0) is 38.0 Å². The number of ether oxygens (including phenoxy) is 1. The molecule has 1 aromatic carbocycles. The maximum absolute atomic E-state index is 13.5. The maximum Gasteiger partial charge on any atom is 0.254 e. The largest absolute Gasteiger partial charge is 0.439 e. The van der Waals surface area contributed by atoms with E-state index in [1.165, 1.54) is 18.3 Å². The molecule has 1 aliphatic heterocycles. The summed E-state index contributed by atoms with van der Waals surface area (Å²) in [5.74, 6) is 1.68. The van der Waals surface area contributed by atoms with Crippen LogP contribution in [-0.2, 0) is 5.41 Å². The highest BCUT2D eigenvalue weighted by Gasteiger charge is 2.37. The lowest BCUT2D eigenvalue weighted by molar-refractivity contribution is 0.0643. The molecule has 1 unspecified atom stereocenters. The predicted octanol–water partition coefficient (Wildman–Crippen LogP) is 4.37. The molecule has 33 heavy (non-hydrogen) atoms. The second-order valence-electron chi connectivity index (χ2n) is 8.92. The number of carbonyl (C=O) groups is 1. The third-order valence-electron chi connectivity index (χ3n) is 5.82. The van der Waals surface area contributed by atoms with Crippen LogP contribution < -0.4 is 9.64 Å². The summed E-state index contributed by atoms with van der Waals surface area (Å²) in [5.41, 5.74) is 1.03. The highest BCUT2D eigenvalue weighted by Crippen LogP contribution is 2.33. The van der Waals surface area contributed by atoms with Crippen molar-refractivity contribution in [2.75, 3.05) is 32.1 Å². The predicted molar refractivity (Wildman–Crippen MR) is 124 cm³/mol. The first-order valence-corrected chi connectivity index (χ1v) is 11.0. The monoisotopic (exact) mass is 449 g/mol. The summed E-state index contributed by atoms with van der Waals surface area (Å²) in [5, 5.41) is 0. The van der Waals surface area contributed by atoms with Crippen molar-refractivity contribution in [3.8, 4) is 11.6 Å². The number of amides is 1. The number of carbonyl (C=O) groups excluding carboxylic acids is 1. The van der Waals surface area contributed by atoms with Crippen molar-refractivity contribution in [1.29, 1.82) is 0 Å². The zero-order valence-electron chi connectivity index (χ0n) is 19.4. The van der Waals surface area contributed by atoms with E-state index in [1.807, 2.05) is 36.9 Å². The van der Waals surface area contributed by atoms with Gasteiger partial charge >= 0.3 is 0 Å². The van der Waals surface area contributed by atoms with Crippen LogP contribution in [0.3, 0.4) is 0 Å². The molecular formula is C25H28FN5O2. The van der Waals surface area contributed by atoms with Crippen LogP contribution >= 0.6 is 0 Å². The summed E-state index contributed by atoms with van der Waals surface area (Å²) in [6.45, 7) is 5.25. The van der Waals surface area contributed by atoms with E-state index in [0.29, 0.717) is 24.4 Å². The van der Waals surface area contributed by atoms with Crippen molar-refractivity contribution in [3.05, 3.63) is 71.6 Å². The molecule has 172 valence electrons. The molecular weight excluding hydrogens is 421 g/mol. The number of nitrogens with zero attached hydrogens (tertiary/aromatic N) is 5. The number of aromatic nitrogens is 3. The molecule has 3 aromatic rings. The molecule has 0 spiro atoms. The van der Waals surface area contributed by atoms with Gasteiger partial charge in [-0.1, -0.05) is 13.0 Å². The minimum Gasteiger partial charge on any atom is -0.439 e. The Kier molecular flexibility index (Phi) is 6.26. The van der Waals surface area contributed by atoms with Crippen molar-refractivity contribution >= 4 is 11.7 Å². The number of aryl methyl sites for hydroxylation is 1. The number of benzene rings is 1. The van der Waals surface area contributed by atoms with Crippen LogP contribution in [0.2, 0.25) is 0 Å². The van der Waals surface area contributed by atoms with Crippen LogP contribution in [0.15, 0.2) is 48.7 Å². The summed E-state index contributed by atoms with van der Waals surface area (Å²) >= 11 is 0. The molecule has 0 N–H and O–H groups in total. The molecule has 1 saturated heterocycles. The number of piperidine rings is 1. The molecule has 1 aliphatic rings. The molecule has 1 atom stereocenters. The van der Waals surface area contributed by atoms with Crippen LogP contribution in [0.4, 0.5) is 10.2 Å². The van der Waals surface area contributed by atoms with Crippen LogP contribution in [0, 0.1) is 12.7 Å². The number of likely N-dealkylation sites (tertiary alicyclic amines) is 1. The first-order chi connectivity index (χ1) is 15.7. The number of rotatable bonds is 5. The number of anilines is 1. The summed E-state index contributed by atoms with van der Waals surface area (Å²) in [6, 6.07) is 11.0. The fraction of sp³-hybridized carbons (Fsp3) is 0.360. The lowest BCUT2D eigenvalue weighted by Crippen LogP contribution is -2.48. The first-order valence-electron chi connectivity index (χ1n) is 11.0. The quantitative estimate of drug-likeness (QED) is 0.576. The molecule has 0 radical (unpaired) electrons. The molecule has 1 fully saturated rings. The van der Waals surface area contributed by atoms with E-state index in [1.54, 1.807) is 24.3 Å². The van der Waals surface area contributed by atoms with Gasteiger partial charge < -0.3 is 14.5 Å². The number of pyridine rings is 1. The van der Waals surface area contributed by atoms with E-state index in [9.17, 15) is 9.18 Å². The third kappa shape index (κ3) is 5.10. The summed E-state index contributed by atoms with van der Waals surface area (Å²) in [7, 11) is 3.91. The van der Waals surface area contributed by atoms with Crippen molar-refractivity contribution in [1.82, 2.24) is 19.9 Å². The molecule has 7 nitrogen and oxygen atoms in total. The van der Waals surface area contributed by atoms with Crippen molar-refractivity contribution in [2.45, 2.75) is 32.1 Å². The molecule has 0 bridgehead atoms. The van der Waals surface area contributed by atoms with E-state index in [2.05, 4.69) is 11.9 Å². The molecule has 4 rings (SSSR count). The number of halogens is 1. The summed E-state index contributed by atoms with van der Waals surface area (Å²) < 4.78 is 19.1. The maximum atomic E-state index is 13.5. The van der Waals surface area contributed by atoms with Crippen molar-refractivity contribution < 1.29 is 13.9 Å². The fourth-order valence-corrected chi connectivity index (χ4v) is 4.08. The van der Waals surface area contributed by atoms with Crippen LogP contribution in [-0.4, -0.2) is 52.9 Å². The first kappa shape index (κ1) is 22.6. The Morgan fingerprint density at radius 2 is 2.00 bits per heavy atom. The Bertz CT molecular complexity index is 1170. The topological polar surface area (TPSA) is 71.5 Å². The minimum atomic E-state index is -0.400. The molecule has 3 heterocycles. The van der Waals surface area contributed by atoms with Crippen LogP contribution in [0.5, 0.6) is 11.6 Å². The Hall–Kier alpha value is -3.55. The third-order valence-corrected chi connectivity index (χ3v) is 5.82. The fourth-order valence-electron chi connectivity index (χ4n) is 4.08. The van der Waals surface area contributed by atoms with Crippen LogP contribution in [0.25, 0.3) is 0 Å². The van der Waals surface area contributed by atoms with E-state index in [0.717, 1.165) is 30.2 Å². The second-order valence-corrected chi connectivity index (χ2v) is 8.92. The number of hydrogen-bond acceptors (Lipinski definition) is 6. The second kappa shape index (κ2) is 9.13. The van der Waals surface area contributed by atoms with E-state index >= 15 is 0 Å². The number of hydrogen-bond donors (Lipinski definition) is 0. The van der Waals surface area contributed by atoms with Gasteiger partial charge in [0, 0.05) is 68.3 Å². The summed E-state index contributed by atoms with van der Waals surface area (Å²) in [6.07, 6.45) is 3.28.